The summed E-state index contributed by atoms with van der Waals surface area (Å²) in [5, 5.41) is 23.5. The van der Waals surface area contributed by atoms with Crippen LogP contribution in [-0.4, -0.2) is 27.0 Å². The van der Waals surface area contributed by atoms with Crippen molar-refractivity contribution in [2.24, 2.45) is 0 Å². The SMILES string of the molecule is Cc1ccc(-c2ccc(CO[C@](C)(C(=O)NO)[C@H](O)c3cc(C)on3)cc2)cc1. The fourth-order valence-electron chi connectivity index (χ4n) is 2.95. The average molecular weight is 396 g/mol. The minimum atomic E-state index is -1.77. The topological polar surface area (TPSA) is 105 Å². The molecule has 0 saturated heterocycles. The molecule has 152 valence electrons. The maximum atomic E-state index is 12.2. The minimum absolute atomic E-state index is 0.0476. The highest BCUT2D eigenvalue weighted by Crippen LogP contribution is 2.31. The molecular formula is C22H24N2O5. The molecule has 1 heterocycles. The lowest BCUT2D eigenvalue weighted by atomic mass is 9.95. The van der Waals surface area contributed by atoms with E-state index in [2.05, 4.69) is 29.4 Å². The number of rotatable bonds is 7. The van der Waals surface area contributed by atoms with Crippen LogP contribution in [0.2, 0.25) is 0 Å². The molecule has 3 N–H and O–H groups in total. The summed E-state index contributed by atoms with van der Waals surface area (Å²) in [5.74, 6) is -0.403. The lowest BCUT2D eigenvalue weighted by Gasteiger charge is -2.31. The Hall–Kier alpha value is -3.00. The van der Waals surface area contributed by atoms with Gasteiger partial charge in [-0.05, 0) is 37.5 Å². The Morgan fingerprint density at radius 2 is 1.72 bits per heavy atom. The number of carbonyl (C=O) groups excluding carboxylic acids is 1. The first-order valence-corrected chi connectivity index (χ1v) is 9.19. The number of nitrogens with one attached hydrogen (secondary N) is 1. The molecule has 0 radical (unpaired) electrons. The zero-order valence-electron chi connectivity index (χ0n) is 16.5. The molecule has 7 nitrogen and oxygen atoms in total. The predicted octanol–water partition coefficient (Wildman–Crippen LogP) is 3.47. The number of aliphatic hydroxyl groups excluding tert-OH is 1. The Labute approximate surface area is 168 Å². The number of aromatic nitrogens is 1. The van der Waals surface area contributed by atoms with E-state index in [4.69, 9.17) is 14.5 Å². The smallest absolute Gasteiger partial charge is 0.278 e. The molecule has 1 amide bonds. The monoisotopic (exact) mass is 396 g/mol. The number of hydrogen-bond donors (Lipinski definition) is 3. The number of ether oxygens (including phenoxy) is 1. The molecule has 7 heteroatoms. The van der Waals surface area contributed by atoms with E-state index >= 15 is 0 Å². The molecule has 0 aliphatic heterocycles. The second-order valence-corrected chi connectivity index (χ2v) is 7.16. The number of nitrogens with zero attached hydrogens (tertiary/aromatic N) is 1. The molecule has 29 heavy (non-hydrogen) atoms. The zero-order chi connectivity index (χ0) is 21.0. The standard InChI is InChI=1S/C22H24N2O5/c1-14-4-8-17(9-5-14)18-10-6-16(7-11-18)13-28-22(3,21(26)23-27)20(25)19-12-15(2)29-24-19/h4-12,20,25,27H,13H2,1-3H3,(H,23,26)/t20-,22+/m1/s1. The van der Waals surface area contributed by atoms with E-state index in [1.165, 1.54) is 18.6 Å². The number of carbonyl (C=O) groups is 1. The van der Waals surface area contributed by atoms with E-state index in [0.29, 0.717) is 5.76 Å². The summed E-state index contributed by atoms with van der Waals surface area (Å²) in [6, 6.07) is 17.4. The summed E-state index contributed by atoms with van der Waals surface area (Å²) in [4.78, 5) is 12.2. The number of aryl methyl sites for hydroxylation is 2. The highest BCUT2D eigenvalue weighted by atomic mass is 16.5. The van der Waals surface area contributed by atoms with E-state index < -0.39 is 17.6 Å². The normalized spacial score (nSPS) is 14.2. The lowest BCUT2D eigenvalue weighted by molar-refractivity contribution is -0.174. The number of hydroxylamine groups is 1. The van der Waals surface area contributed by atoms with Gasteiger partial charge in [0, 0.05) is 6.07 Å². The maximum Gasteiger partial charge on any atom is 0.278 e. The average Bonchev–Trinajstić information content (AvgIpc) is 3.18. The van der Waals surface area contributed by atoms with Crippen molar-refractivity contribution in [2.45, 2.75) is 39.1 Å². The first kappa shape index (κ1) is 20.7. The van der Waals surface area contributed by atoms with Crippen LogP contribution in [0, 0.1) is 13.8 Å². The number of aliphatic hydroxyl groups is 1. The molecular weight excluding hydrogens is 372 g/mol. The minimum Gasteiger partial charge on any atom is -0.383 e. The van der Waals surface area contributed by atoms with Crippen LogP contribution >= 0.6 is 0 Å². The fraction of sp³-hybridized carbons (Fsp3) is 0.273. The Balaban J connectivity index is 1.75. The van der Waals surface area contributed by atoms with Gasteiger partial charge in [0.15, 0.2) is 5.60 Å². The van der Waals surface area contributed by atoms with Gasteiger partial charge in [-0.25, -0.2) is 5.48 Å². The van der Waals surface area contributed by atoms with E-state index in [0.717, 1.165) is 16.7 Å². The summed E-state index contributed by atoms with van der Waals surface area (Å²) in [6.45, 7) is 5.14. The third-order valence-corrected chi connectivity index (χ3v) is 4.88. The van der Waals surface area contributed by atoms with E-state index in [1.807, 2.05) is 31.2 Å². The summed E-state index contributed by atoms with van der Waals surface area (Å²) in [6.07, 6.45) is -1.43. The van der Waals surface area contributed by atoms with Crippen molar-refractivity contribution in [1.82, 2.24) is 10.6 Å². The van der Waals surface area contributed by atoms with Crippen LogP contribution < -0.4 is 5.48 Å². The zero-order valence-corrected chi connectivity index (χ0v) is 16.5. The van der Waals surface area contributed by atoms with Crippen molar-refractivity contribution < 1.29 is 24.4 Å². The van der Waals surface area contributed by atoms with Gasteiger partial charge in [-0.3, -0.25) is 10.0 Å². The van der Waals surface area contributed by atoms with Crippen molar-refractivity contribution >= 4 is 5.91 Å². The van der Waals surface area contributed by atoms with Crippen molar-refractivity contribution in [2.75, 3.05) is 0 Å². The van der Waals surface area contributed by atoms with E-state index in [-0.39, 0.29) is 12.3 Å². The molecule has 0 spiro atoms. The van der Waals surface area contributed by atoms with Crippen molar-refractivity contribution in [1.29, 1.82) is 0 Å². The van der Waals surface area contributed by atoms with Crippen LogP contribution in [0.1, 0.15) is 35.6 Å². The fourth-order valence-corrected chi connectivity index (χ4v) is 2.95. The predicted molar refractivity (Wildman–Crippen MR) is 106 cm³/mol. The van der Waals surface area contributed by atoms with Crippen LogP contribution in [0.4, 0.5) is 0 Å². The van der Waals surface area contributed by atoms with Gasteiger partial charge in [-0.15, -0.1) is 0 Å². The van der Waals surface area contributed by atoms with E-state index in [1.54, 1.807) is 12.4 Å². The first-order chi connectivity index (χ1) is 13.8. The van der Waals surface area contributed by atoms with Gasteiger partial charge in [0.2, 0.25) is 0 Å². The third-order valence-electron chi connectivity index (χ3n) is 4.88. The van der Waals surface area contributed by atoms with Crippen LogP contribution in [-0.2, 0) is 16.1 Å². The molecule has 2 aromatic carbocycles. The van der Waals surface area contributed by atoms with Crippen LogP contribution in [0.3, 0.4) is 0 Å². The molecule has 0 saturated carbocycles. The van der Waals surface area contributed by atoms with Crippen LogP contribution in [0.5, 0.6) is 0 Å². The molecule has 2 atom stereocenters. The summed E-state index contributed by atoms with van der Waals surface area (Å²) < 4.78 is 10.7. The van der Waals surface area contributed by atoms with Gasteiger partial charge in [0.05, 0.1) is 6.61 Å². The summed E-state index contributed by atoms with van der Waals surface area (Å²) in [5.41, 5.74) is 4.09. The van der Waals surface area contributed by atoms with Gasteiger partial charge in [-0.2, -0.15) is 0 Å². The first-order valence-electron chi connectivity index (χ1n) is 9.19. The van der Waals surface area contributed by atoms with Gasteiger partial charge in [0.25, 0.3) is 5.91 Å². The maximum absolute atomic E-state index is 12.2. The molecule has 0 aliphatic carbocycles. The Morgan fingerprint density at radius 3 is 2.24 bits per heavy atom. The second-order valence-electron chi connectivity index (χ2n) is 7.16. The molecule has 1 aromatic heterocycles. The molecule has 0 bridgehead atoms. The second kappa shape index (κ2) is 8.57. The lowest BCUT2D eigenvalue weighted by Crippen LogP contribution is -2.50. The van der Waals surface area contributed by atoms with Crippen molar-refractivity contribution in [3.05, 3.63) is 77.2 Å². The highest BCUT2D eigenvalue weighted by molar-refractivity contribution is 5.84. The third kappa shape index (κ3) is 4.54. The van der Waals surface area contributed by atoms with Crippen LogP contribution in [0.25, 0.3) is 11.1 Å². The van der Waals surface area contributed by atoms with Gasteiger partial charge in [0.1, 0.15) is 17.6 Å². The van der Waals surface area contributed by atoms with Crippen molar-refractivity contribution in [3.63, 3.8) is 0 Å². The van der Waals surface area contributed by atoms with Crippen LogP contribution in [0.15, 0.2) is 59.1 Å². The highest BCUT2D eigenvalue weighted by Gasteiger charge is 2.44. The Kier molecular flexibility index (Phi) is 6.12. The van der Waals surface area contributed by atoms with Gasteiger partial charge < -0.3 is 14.4 Å². The summed E-state index contributed by atoms with van der Waals surface area (Å²) in [7, 11) is 0. The number of amides is 1. The molecule has 3 aromatic rings. The Bertz CT molecular complexity index is 966. The number of hydrogen-bond acceptors (Lipinski definition) is 6. The van der Waals surface area contributed by atoms with E-state index in [9.17, 15) is 9.90 Å². The molecule has 0 fully saturated rings. The quantitative estimate of drug-likeness (QED) is 0.417. The largest absolute Gasteiger partial charge is 0.383 e. The van der Waals surface area contributed by atoms with Crippen molar-refractivity contribution in [3.8, 4) is 11.1 Å². The Morgan fingerprint density at radius 1 is 1.14 bits per heavy atom. The van der Waals surface area contributed by atoms with Gasteiger partial charge >= 0.3 is 0 Å². The molecule has 0 aliphatic rings. The van der Waals surface area contributed by atoms with Gasteiger partial charge in [-0.1, -0.05) is 59.3 Å². The molecule has 3 rings (SSSR count). The molecule has 0 unspecified atom stereocenters. The summed E-state index contributed by atoms with van der Waals surface area (Å²) >= 11 is 0. The number of benzene rings is 2.